The Bertz CT molecular complexity index is 957. The minimum atomic E-state index is -0.492. The maximum Gasteiger partial charge on any atom is 0.261 e. The first-order valence-electron chi connectivity index (χ1n) is 10.1. The highest BCUT2D eigenvalue weighted by atomic mass is 32.1. The third-order valence-electron chi connectivity index (χ3n) is 4.74. The molecule has 6 nitrogen and oxygen atoms in total. The number of aryl methyl sites for hydroxylation is 1. The molecule has 0 bridgehead atoms. The molecule has 0 spiro atoms. The Labute approximate surface area is 182 Å². The number of para-hydroxylation sites is 1. The first kappa shape index (κ1) is 22.2. The van der Waals surface area contributed by atoms with Gasteiger partial charge in [-0.15, -0.1) is 11.3 Å². The summed E-state index contributed by atoms with van der Waals surface area (Å²) in [6, 6.07) is 7.72. The second kappa shape index (κ2) is 8.30. The largest absolute Gasteiger partial charge is 0.488 e. The zero-order valence-corrected chi connectivity index (χ0v) is 19.3. The van der Waals surface area contributed by atoms with Gasteiger partial charge in [0.2, 0.25) is 5.91 Å². The zero-order chi connectivity index (χ0) is 22.1. The van der Waals surface area contributed by atoms with Gasteiger partial charge in [0.1, 0.15) is 12.2 Å². The monoisotopic (exact) mass is 430 g/mol. The van der Waals surface area contributed by atoms with Crippen molar-refractivity contribution < 1.29 is 19.1 Å². The summed E-state index contributed by atoms with van der Waals surface area (Å²) in [6.07, 6.45) is 0.849. The molecule has 2 heterocycles. The third-order valence-corrected chi connectivity index (χ3v) is 5.89. The molecule has 3 rings (SSSR count). The molecule has 30 heavy (non-hydrogen) atoms. The third kappa shape index (κ3) is 5.14. The molecule has 0 atom stereocenters. The summed E-state index contributed by atoms with van der Waals surface area (Å²) in [5, 5.41) is 6.44. The van der Waals surface area contributed by atoms with E-state index in [0.717, 1.165) is 23.3 Å². The van der Waals surface area contributed by atoms with Crippen molar-refractivity contribution in [1.82, 2.24) is 5.32 Å². The van der Waals surface area contributed by atoms with E-state index >= 15 is 0 Å². The summed E-state index contributed by atoms with van der Waals surface area (Å²) in [5.74, 6) is 1.24. The number of nitrogens with one attached hydrogen (secondary N) is 2. The Morgan fingerprint density at radius 2 is 2.00 bits per heavy atom. The Hall–Kier alpha value is -2.54. The van der Waals surface area contributed by atoms with Crippen molar-refractivity contribution in [3.63, 3.8) is 0 Å². The van der Waals surface area contributed by atoms with Gasteiger partial charge in [-0.05, 0) is 38.5 Å². The standard InChI is InChI=1S/C23H30N2O4S/c1-14-12-17(25-21(27)22(2,3)4)30-19(14)20(26)24-10-11-28-16-9-7-8-15-13-23(5,6)29-18(15)16/h7-9,12H,10-11,13H2,1-6H3,(H,24,26)(H,25,27). The molecule has 2 amide bonds. The van der Waals surface area contributed by atoms with Crippen LogP contribution in [0.3, 0.4) is 0 Å². The minimum Gasteiger partial charge on any atom is -0.488 e. The van der Waals surface area contributed by atoms with Crippen LogP contribution in [0.4, 0.5) is 5.00 Å². The van der Waals surface area contributed by atoms with Gasteiger partial charge in [-0.1, -0.05) is 32.9 Å². The summed E-state index contributed by atoms with van der Waals surface area (Å²) in [7, 11) is 0. The van der Waals surface area contributed by atoms with E-state index in [1.807, 2.05) is 52.0 Å². The van der Waals surface area contributed by atoms with Crippen molar-refractivity contribution >= 4 is 28.2 Å². The highest BCUT2D eigenvalue weighted by Gasteiger charge is 2.32. The lowest BCUT2D eigenvalue weighted by Gasteiger charge is -2.18. The second-order valence-corrected chi connectivity index (χ2v) is 10.3. The highest BCUT2D eigenvalue weighted by molar-refractivity contribution is 7.18. The fourth-order valence-electron chi connectivity index (χ4n) is 3.18. The predicted octanol–water partition coefficient (Wildman–Crippen LogP) is 4.56. The summed E-state index contributed by atoms with van der Waals surface area (Å²) in [5.41, 5.74) is 1.25. The molecular formula is C23H30N2O4S. The lowest BCUT2D eigenvalue weighted by Crippen LogP contribution is -2.28. The van der Waals surface area contributed by atoms with Crippen LogP contribution in [0.5, 0.6) is 11.5 Å². The second-order valence-electron chi connectivity index (χ2n) is 9.21. The number of rotatable bonds is 6. The van der Waals surface area contributed by atoms with Gasteiger partial charge in [0.25, 0.3) is 5.91 Å². The van der Waals surface area contributed by atoms with Gasteiger partial charge in [-0.2, -0.15) is 0 Å². The van der Waals surface area contributed by atoms with E-state index in [4.69, 9.17) is 9.47 Å². The van der Waals surface area contributed by atoms with Crippen LogP contribution in [0.25, 0.3) is 0 Å². The van der Waals surface area contributed by atoms with Crippen molar-refractivity contribution in [3.8, 4) is 11.5 Å². The molecule has 1 aliphatic rings. The van der Waals surface area contributed by atoms with E-state index in [0.29, 0.717) is 28.8 Å². The van der Waals surface area contributed by atoms with E-state index in [-0.39, 0.29) is 17.4 Å². The first-order chi connectivity index (χ1) is 14.0. The molecule has 162 valence electrons. The minimum absolute atomic E-state index is 0.0788. The topological polar surface area (TPSA) is 76.7 Å². The number of carbonyl (C=O) groups excluding carboxylic acids is 2. The average molecular weight is 431 g/mol. The van der Waals surface area contributed by atoms with Crippen LogP contribution >= 0.6 is 11.3 Å². The normalized spacial score (nSPS) is 14.6. The smallest absolute Gasteiger partial charge is 0.261 e. The highest BCUT2D eigenvalue weighted by Crippen LogP contribution is 2.41. The van der Waals surface area contributed by atoms with Crippen LogP contribution in [-0.4, -0.2) is 30.6 Å². The molecule has 0 aliphatic carbocycles. The summed E-state index contributed by atoms with van der Waals surface area (Å²) in [6.45, 7) is 12.2. The number of amides is 2. The zero-order valence-electron chi connectivity index (χ0n) is 18.5. The molecule has 2 N–H and O–H groups in total. The Morgan fingerprint density at radius 1 is 1.27 bits per heavy atom. The van der Waals surface area contributed by atoms with Crippen LogP contribution in [-0.2, 0) is 11.2 Å². The van der Waals surface area contributed by atoms with E-state index in [1.54, 1.807) is 0 Å². The van der Waals surface area contributed by atoms with Crippen LogP contribution in [0.2, 0.25) is 0 Å². The first-order valence-corrected chi connectivity index (χ1v) is 10.9. The van der Waals surface area contributed by atoms with E-state index in [2.05, 4.69) is 24.5 Å². The lowest BCUT2D eigenvalue weighted by molar-refractivity contribution is -0.123. The molecule has 0 fully saturated rings. The molecular weight excluding hydrogens is 400 g/mol. The quantitative estimate of drug-likeness (QED) is 0.659. The number of ether oxygens (including phenoxy) is 2. The van der Waals surface area contributed by atoms with Gasteiger partial charge in [0.05, 0.1) is 16.4 Å². The fourth-order valence-corrected chi connectivity index (χ4v) is 4.16. The van der Waals surface area contributed by atoms with Crippen molar-refractivity contribution in [2.24, 2.45) is 5.41 Å². The maximum absolute atomic E-state index is 12.6. The van der Waals surface area contributed by atoms with Gasteiger partial charge >= 0.3 is 0 Å². The maximum atomic E-state index is 12.6. The fraction of sp³-hybridized carbons (Fsp3) is 0.478. The molecule has 2 aromatic rings. The molecule has 0 saturated carbocycles. The van der Waals surface area contributed by atoms with E-state index in [1.165, 1.54) is 11.3 Å². The predicted molar refractivity (Wildman–Crippen MR) is 120 cm³/mol. The Kier molecular flexibility index (Phi) is 6.13. The summed E-state index contributed by atoms with van der Waals surface area (Å²) < 4.78 is 11.9. The molecule has 7 heteroatoms. The number of hydrogen-bond donors (Lipinski definition) is 2. The lowest BCUT2D eigenvalue weighted by atomic mass is 9.96. The number of benzene rings is 1. The average Bonchev–Trinajstić information content (AvgIpc) is 3.15. The van der Waals surface area contributed by atoms with E-state index < -0.39 is 5.41 Å². The molecule has 0 radical (unpaired) electrons. The number of carbonyl (C=O) groups is 2. The van der Waals surface area contributed by atoms with Crippen molar-refractivity contribution in [2.75, 3.05) is 18.5 Å². The number of anilines is 1. The van der Waals surface area contributed by atoms with Gasteiger partial charge in [-0.25, -0.2) is 0 Å². The molecule has 1 aromatic carbocycles. The molecule has 1 aromatic heterocycles. The van der Waals surface area contributed by atoms with Crippen molar-refractivity contribution in [2.45, 2.75) is 53.6 Å². The van der Waals surface area contributed by atoms with Gasteiger partial charge in [-0.3, -0.25) is 9.59 Å². The van der Waals surface area contributed by atoms with Crippen LogP contribution in [0.1, 0.15) is 55.4 Å². The molecule has 0 saturated heterocycles. The Balaban J connectivity index is 1.53. The number of hydrogen-bond acceptors (Lipinski definition) is 5. The van der Waals surface area contributed by atoms with Crippen LogP contribution < -0.4 is 20.1 Å². The summed E-state index contributed by atoms with van der Waals surface area (Å²) in [4.78, 5) is 25.3. The van der Waals surface area contributed by atoms with Gasteiger partial charge in [0, 0.05) is 17.4 Å². The van der Waals surface area contributed by atoms with Crippen LogP contribution in [0, 0.1) is 12.3 Å². The summed E-state index contributed by atoms with van der Waals surface area (Å²) >= 11 is 1.28. The van der Waals surface area contributed by atoms with Crippen molar-refractivity contribution in [3.05, 3.63) is 40.3 Å². The van der Waals surface area contributed by atoms with Gasteiger partial charge < -0.3 is 20.1 Å². The van der Waals surface area contributed by atoms with Gasteiger partial charge in [0.15, 0.2) is 11.5 Å². The number of fused-ring (bicyclic) bond motifs is 1. The Morgan fingerprint density at radius 3 is 2.70 bits per heavy atom. The van der Waals surface area contributed by atoms with Crippen LogP contribution in [0.15, 0.2) is 24.3 Å². The molecule has 0 unspecified atom stereocenters. The van der Waals surface area contributed by atoms with Crippen molar-refractivity contribution in [1.29, 1.82) is 0 Å². The number of thiophene rings is 1. The SMILES string of the molecule is Cc1cc(NC(=O)C(C)(C)C)sc1C(=O)NCCOc1cccc2c1OC(C)(C)C2. The molecule has 1 aliphatic heterocycles. The van der Waals surface area contributed by atoms with E-state index in [9.17, 15) is 9.59 Å².